The summed E-state index contributed by atoms with van der Waals surface area (Å²) in [5.41, 5.74) is 18.7. The molecule has 0 aliphatic heterocycles. The molecule has 0 bridgehead atoms. The van der Waals surface area contributed by atoms with Gasteiger partial charge in [-0.15, -0.1) is 0 Å². The standard InChI is InChI=1S/C35H29N3/c1-4-10-22-17-18-23-19-20-29(37-33(23)32(22)36)24-11-9-12-25(21-24)38-30-16-8-6-14-27(30)31-26-13-5-7-15-28(26)35(2,3)34(31)38/h4-21H,36H2,1-3H3/b10-4-. The van der Waals surface area contributed by atoms with Crippen molar-refractivity contribution in [3.05, 3.63) is 120 Å². The topological polar surface area (TPSA) is 43.8 Å². The quantitative estimate of drug-likeness (QED) is 0.251. The monoisotopic (exact) mass is 491 g/mol. The second kappa shape index (κ2) is 8.19. The summed E-state index contributed by atoms with van der Waals surface area (Å²) in [7, 11) is 0. The van der Waals surface area contributed by atoms with E-state index in [9.17, 15) is 0 Å². The molecule has 1 aliphatic rings. The van der Waals surface area contributed by atoms with E-state index in [4.69, 9.17) is 10.7 Å². The zero-order valence-corrected chi connectivity index (χ0v) is 21.9. The number of rotatable bonds is 3. The Morgan fingerprint density at radius 3 is 2.50 bits per heavy atom. The zero-order chi connectivity index (χ0) is 26.0. The van der Waals surface area contributed by atoms with Crippen molar-refractivity contribution in [2.24, 2.45) is 0 Å². The van der Waals surface area contributed by atoms with Crippen LogP contribution in [0.2, 0.25) is 0 Å². The van der Waals surface area contributed by atoms with Crippen LogP contribution in [0.25, 0.3) is 56.0 Å². The minimum Gasteiger partial charge on any atom is -0.396 e. The van der Waals surface area contributed by atoms with E-state index in [0.29, 0.717) is 5.69 Å². The van der Waals surface area contributed by atoms with Gasteiger partial charge in [0, 0.05) is 38.7 Å². The lowest BCUT2D eigenvalue weighted by molar-refractivity contribution is 0.624. The van der Waals surface area contributed by atoms with Crippen LogP contribution in [0.5, 0.6) is 0 Å². The molecule has 2 aromatic heterocycles. The van der Waals surface area contributed by atoms with E-state index >= 15 is 0 Å². The summed E-state index contributed by atoms with van der Waals surface area (Å²) < 4.78 is 2.45. The molecule has 0 atom stereocenters. The SMILES string of the molecule is C/C=C\c1ccc2ccc(-c3cccc(-n4c5c(c6ccccc64)-c4ccccc4C5(C)C)c3)nc2c1N. The Balaban J connectivity index is 1.45. The van der Waals surface area contributed by atoms with Crippen LogP contribution in [0.4, 0.5) is 5.69 Å². The van der Waals surface area contributed by atoms with Crippen LogP contribution < -0.4 is 5.73 Å². The summed E-state index contributed by atoms with van der Waals surface area (Å²) in [6.07, 6.45) is 4.03. The molecule has 2 N–H and O–H groups in total. The lowest BCUT2D eigenvalue weighted by Crippen LogP contribution is -2.19. The highest BCUT2D eigenvalue weighted by Crippen LogP contribution is 2.53. The van der Waals surface area contributed by atoms with Crippen molar-refractivity contribution in [3.8, 4) is 28.1 Å². The van der Waals surface area contributed by atoms with Crippen molar-refractivity contribution < 1.29 is 0 Å². The van der Waals surface area contributed by atoms with Gasteiger partial charge in [-0.05, 0) is 47.9 Å². The molecule has 184 valence electrons. The van der Waals surface area contributed by atoms with Crippen molar-refractivity contribution in [2.75, 3.05) is 5.73 Å². The van der Waals surface area contributed by atoms with Crippen LogP contribution in [0.3, 0.4) is 0 Å². The van der Waals surface area contributed by atoms with Crippen molar-refractivity contribution in [1.82, 2.24) is 9.55 Å². The van der Waals surface area contributed by atoms with Gasteiger partial charge in [-0.1, -0.05) is 98.8 Å². The number of allylic oxidation sites excluding steroid dienone is 1. The minimum absolute atomic E-state index is 0.125. The number of pyridine rings is 1. The molecular formula is C35H29N3. The van der Waals surface area contributed by atoms with E-state index in [2.05, 4.69) is 115 Å². The fraction of sp³-hybridized carbons (Fsp3) is 0.114. The van der Waals surface area contributed by atoms with Crippen LogP contribution in [0.1, 0.15) is 37.6 Å². The Bertz CT molecular complexity index is 1920. The van der Waals surface area contributed by atoms with Crippen LogP contribution >= 0.6 is 0 Å². The van der Waals surface area contributed by atoms with Gasteiger partial charge < -0.3 is 10.3 Å². The molecule has 3 nitrogen and oxygen atoms in total. The molecule has 0 spiro atoms. The number of nitrogens with zero attached hydrogens (tertiary/aromatic N) is 2. The van der Waals surface area contributed by atoms with Gasteiger partial charge in [-0.2, -0.15) is 0 Å². The van der Waals surface area contributed by atoms with Gasteiger partial charge in [0.05, 0.1) is 22.4 Å². The fourth-order valence-corrected chi connectivity index (χ4v) is 6.26. The molecule has 7 rings (SSSR count). The number of aromatic nitrogens is 2. The first-order chi connectivity index (χ1) is 18.5. The Labute approximate surface area is 222 Å². The van der Waals surface area contributed by atoms with Gasteiger partial charge in [-0.3, -0.25) is 0 Å². The number of hydrogen-bond acceptors (Lipinski definition) is 2. The average molecular weight is 492 g/mol. The lowest BCUT2D eigenvalue weighted by Gasteiger charge is -2.24. The number of anilines is 1. The Kier molecular flexibility index (Phi) is 4.86. The normalized spacial score (nSPS) is 13.9. The van der Waals surface area contributed by atoms with E-state index in [1.807, 2.05) is 19.1 Å². The van der Waals surface area contributed by atoms with E-state index in [-0.39, 0.29) is 5.41 Å². The van der Waals surface area contributed by atoms with Crippen molar-refractivity contribution in [3.63, 3.8) is 0 Å². The number of nitrogen functional groups attached to an aromatic ring is 1. The maximum atomic E-state index is 6.54. The van der Waals surface area contributed by atoms with Crippen molar-refractivity contribution in [2.45, 2.75) is 26.2 Å². The predicted molar refractivity (Wildman–Crippen MR) is 161 cm³/mol. The highest BCUT2D eigenvalue weighted by atomic mass is 15.0. The van der Waals surface area contributed by atoms with Crippen LogP contribution in [-0.4, -0.2) is 9.55 Å². The summed E-state index contributed by atoms with van der Waals surface area (Å²) in [5.74, 6) is 0. The van der Waals surface area contributed by atoms with E-state index < -0.39 is 0 Å². The number of nitrogens with two attached hydrogens (primary N) is 1. The Hall–Kier alpha value is -4.63. The molecular weight excluding hydrogens is 462 g/mol. The van der Waals surface area contributed by atoms with Gasteiger partial charge in [0.2, 0.25) is 0 Å². The van der Waals surface area contributed by atoms with E-state index in [1.165, 1.54) is 33.3 Å². The molecule has 3 heteroatoms. The highest BCUT2D eigenvalue weighted by molar-refractivity contribution is 6.03. The third kappa shape index (κ3) is 3.12. The molecule has 0 unspecified atom stereocenters. The molecule has 0 amide bonds. The number of fused-ring (bicyclic) bond motifs is 6. The molecule has 0 saturated heterocycles. The predicted octanol–water partition coefficient (Wildman–Crippen LogP) is 8.77. The highest BCUT2D eigenvalue weighted by Gasteiger charge is 2.40. The van der Waals surface area contributed by atoms with Crippen molar-refractivity contribution >= 4 is 33.6 Å². The number of para-hydroxylation sites is 1. The molecule has 0 saturated carbocycles. The van der Waals surface area contributed by atoms with Crippen LogP contribution in [0, 0.1) is 0 Å². The number of hydrogen-bond donors (Lipinski definition) is 1. The molecule has 1 aliphatic carbocycles. The van der Waals surface area contributed by atoms with Crippen LogP contribution in [-0.2, 0) is 5.41 Å². The molecule has 4 aromatic carbocycles. The maximum Gasteiger partial charge on any atom is 0.0944 e. The van der Waals surface area contributed by atoms with Gasteiger partial charge in [0.15, 0.2) is 0 Å². The Morgan fingerprint density at radius 2 is 1.63 bits per heavy atom. The van der Waals surface area contributed by atoms with E-state index in [0.717, 1.165) is 33.4 Å². The smallest absolute Gasteiger partial charge is 0.0944 e. The maximum absolute atomic E-state index is 6.54. The van der Waals surface area contributed by atoms with Gasteiger partial charge >= 0.3 is 0 Å². The number of benzene rings is 4. The molecule has 38 heavy (non-hydrogen) atoms. The van der Waals surface area contributed by atoms with Gasteiger partial charge in [-0.25, -0.2) is 4.98 Å². The minimum atomic E-state index is -0.125. The zero-order valence-electron chi connectivity index (χ0n) is 21.9. The largest absolute Gasteiger partial charge is 0.396 e. The third-order valence-electron chi connectivity index (χ3n) is 8.02. The first kappa shape index (κ1) is 22.6. The summed E-state index contributed by atoms with van der Waals surface area (Å²) in [4.78, 5) is 5.04. The average Bonchev–Trinajstić information content (AvgIpc) is 3.41. The molecule has 0 radical (unpaired) electrons. The first-order valence-corrected chi connectivity index (χ1v) is 13.2. The summed E-state index contributed by atoms with van der Waals surface area (Å²) in [6, 6.07) is 34.7. The molecule has 6 aromatic rings. The van der Waals surface area contributed by atoms with Gasteiger partial charge in [0.25, 0.3) is 0 Å². The van der Waals surface area contributed by atoms with E-state index in [1.54, 1.807) is 0 Å². The second-order valence-electron chi connectivity index (χ2n) is 10.6. The summed E-state index contributed by atoms with van der Waals surface area (Å²) >= 11 is 0. The summed E-state index contributed by atoms with van der Waals surface area (Å²) in [5, 5.41) is 2.34. The first-order valence-electron chi connectivity index (χ1n) is 13.2. The fourth-order valence-electron chi connectivity index (χ4n) is 6.26. The Morgan fingerprint density at radius 1 is 0.842 bits per heavy atom. The van der Waals surface area contributed by atoms with Crippen LogP contribution in [0.15, 0.2) is 103 Å². The second-order valence-corrected chi connectivity index (χ2v) is 10.6. The molecule has 0 fully saturated rings. The molecule has 2 heterocycles. The van der Waals surface area contributed by atoms with Gasteiger partial charge in [0.1, 0.15) is 0 Å². The van der Waals surface area contributed by atoms with Crippen molar-refractivity contribution in [1.29, 1.82) is 0 Å². The lowest BCUT2D eigenvalue weighted by atomic mass is 9.85. The summed E-state index contributed by atoms with van der Waals surface area (Å²) in [6.45, 7) is 6.68. The third-order valence-corrected chi connectivity index (χ3v) is 8.02.